The molecule has 2 aromatic carbocycles. The summed E-state index contributed by atoms with van der Waals surface area (Å²) in [7, 11) is 2.22. The SMILES string of the molecule is CN1CCCC1CCCn1cc(C2=C(c3c[nH]c4ccccc34)C(=O)CC2=O)c2ccccc21. The molecule has 1 aliphatic heterocycles. The normalized spacial score (nSPS) is 19.4. The van der Waals surface area contributed by atoms with Crippen molar-refractivity contribution in [3.05, 3.63) is 72.1 Å². The first kappa shape index (κ1) is 21.1. The maximum Gasteiger partial charge on any atom is 0.172 e. The number of nitrogens with zero attached hydrogens (tertiary/aromatic N) is 2. The standard InChI is InChI=1S/C29H29N3O2/c1-31-14-6-8-19(31)9-7-15-32-18-23(21-11-3-5-13-25(21)32)29-27(34)16-26(33)28(29)22-17-30-24-12-4-2-10-20(22)24/h2-5,10-13,17-19,30H,6-9,14-16H2,1H3. The van der Waals surface area contributed by atoms with Crippen molar-refractivity contribution in [2.75, 3.05) is 13.6 Å². The summed E-state index contributed by atoms with van der Waals surface area (Å²) >= 11 is 0. The molecular formula is C29H29N3O2. The van der Waals surface area contributed by atoms with E-state index in [1.165, 1.54) is 25.8 Å². The number of nitrogens with one attached hydrogen (secondary N) is 1. The zero-order valence-corrected chi connectivity index (χ0v) is 19.5. The fraction of sp³-hybridized carbons (Fsp3) is 0.310. The van der Waals surface area contributed by atoms with E-state index < -0.39 is 0 Å². The van der Waals surface area contributed by atoms with Gasteiger partial charge in [-0.2, -0.15) is 0 Å². The molecule has 1 unspecified atom stereocenters. The van der Waals surface area contributed by atoms with Gasteiger partial charge in [0.05, 0.1) is 6.42 Å². The molecule has 1 saturated heterocycles. The minimum absolute atomic E-state index is 0.0578. The molecule has 1 atom stereocenters. The Balaban J connectivity index is 1.43. The highest BCUT2D eigenvalue weighted by Gasteiger charge is 2.35. The van der Waals surface area contributed by atoms with Crippen LogP contribution in [-0.4, -0.2) is 45.7 Å². The maximum atomic E-state index is 13.2. The number of aromatic amines is 1. The molecule has 0 amide bonds. The van der Waals surface area contributed by atoms with Crippen LogP contribution >= 0.6 is 0 Å². The lowest BCUT2D eigenvalue weighted by Gasteiger charge is -2.19. The lowest BCUT2D eigenvalue weighted by Crippen LogP contribution is -2.24. The van der Waals surface area contributed by atoms with E-state index in [9.17, 15) is 9.59 Å². The number of hydrogen-bond donors (Lipinski definition) is 1. The third kappa shape index (κ3) is 3.43. The molecule has 2 aromatic heterocycles. The van der Waals surface area contributed by atoms with Gasteiger partial charge in [-0.05, 0) is 51.4 Å². The molecule has 1 aliphatic carbocycles. The van der Waals surface area contributed by atoms with Gasteiger partial charge in [-0.25, -0.2) is 0 Å². The summed E-state index contributed by atoms with van der Waals surface area (Å²) in [6.45, 7) is 2.10. The number of aromatic nitrogens is 2. The maximum absolute atomic E-state index is 13.2. The number of fused-ring (bicyclic) bond motifs is 2. The highest BCUT2D eigenvalue weighted by atomic mass is 16.2. The summed E-state index contributed by atoms with van der Waals surface area (Å²) in [6, 6.07) is 16.9. The number of ketones is 2. The van der Waals surface area contributed by atoms with Gasteiger partial charge in [0.1, 0.15) is 0 Å². The van der Waals surface area contributed by atoms with Gasteiger partial charge >= 0.3 is 0 Å². The van der Waals surface area contributed by atoms with Crippen LogP contribution in [0.15, 0.2) is 60.9 Å². The molecule has 172 valence electrons. The molecule has 5 heteroatoms. The van der Waals surface area contributed by atoms with Crippen molar-refractivity contribution in [3.63, 3.8) is 0 Å². The number of benzene rings is 2. The molecule has 0 saturated carbocycles. The molecule has 1 fully saturated rings. The van der Waals surface area contributed by atoms with Gasteiger partial charge in [0.2, 0.25) is 0 Å². The van der Waals surface area contributed by atoms with Crippen LogP contribution in [0.3, 0.4) is 0 Å². The van der Waals surface area contributed by atoms with Crippen LogP contribution in [-0.2, 0) is 16.1 Å². The van der Waals surface area contributed by atoms with Gasteiger partial charge in [0.25, 0.3) is 0 Å². The predicted molar refractivity (Wildman–Crippen MR) is 137 cm³/mol. The van der Waals surface area contributed by atoms with E-state index in [1.807, 2.05) is 42.6 Å². The van der Waals surface area contributed by atoms with E-state index in [2.05, 4.69) is 39.8 Å². The number of rotatable bonds is 6. The summed E-state index contributed by atoms with van der Waals surface area (Å²) < 4.78 is 2.27. The lowest BCUT2D eigenvalue weighted by atomic mass is 9.95. The van der Waals surface area contributed by atoms with E-state index in [0.717, 1.165) is 45.9 Å². The van der Waals surface area contributed by atoms with Crippen LogP contribution in [0.4, 0.5) is 0 Å². The first-order chi connectivity index (χ1) is 16.6. The monoisotopic (exact) mass is 451 g/mol. The van der Waals surface area contributed by atoms with Crippen molar-refractivity contribution in [3.8, 4) is 0 Å². The van der Waals surface area contributed by atoms with Crippen molar-refractivity contribution in [1.82, 2.24) is 14.5 Å². The Labute approximate surface area is 199 Å². The molecule has 34 heavy (non-hydrogen) atoms. The zero-order valence-electron chi connectivity index (χ0n) is 19.5. The van der Waals surface area contributed by atoms with Gasteiger partial charge in [0.15, 0.2) is 11.6 Å². The number of H-pyrrole nitrogens is 1. The quantitative estimate of drug-likeness (QED) is 0.397. The highest BCUT2D eigenvalue weighted by molar-refractivity contribution is 6.52. The molecule has 2 aliphatic rings. The van der Waals surface area contributed by atoms with Gasteiger partial charge in [-0.3, -0.25) is 9.59 Å². The number of carbonyl (C=O) groups excluding carboxylic acids is 2. The number of carbonyl (C=O) groups is 2. The predicted octanol–water partition coefficient (Wildman–Crippen LogP) is 5.45. The minimum atomic E-state index is -0.0918. The average molecular weight is 452 g/mol. The Bertz CT molecular complexity index is 1450. The van der Waals surface area contributed by atoms with Gasteiger partial charge in [-0.1, -0.05) is 36.4 Å². The van der Waals surface area contributed by atoms with Gasteiger partial charge in [-0.15, -0.1) is 0 Å². The van der Waals surface area contributed by atoms with E-state index in [0.29, 0.717) is 17.2 Å². The van der Waals surface area contributed by atoms with Crippen LogP contribution in [0, 0.1) is 0 Å². The van der Waals surface area contributed by atoms with Crippen LogP contribution in [0.5, 0.6) is 0 Å². The third-order valence-corrected chi connectivity index (χ3v) is 7.65. The highest BCUT2D eigenvalue weighted by Crippen LogP contribution is 2.41. The Hall–Kier alpha value is -3.44. The number of Topliss-reactive ketones (excluding diaryl/α,β-unsaturated/α-hetero) is 2. The van der Waals surface area contributed by atoms with E-state index >= 15 is 0 Å². The summed E-state index contributed by atoms with van der Waals surface area (Å²) in [6.07, 6.45) is 8.76. The Kier molecular flexibility index (Phi) is 5.22. The largest absolute Gasteiger partial charge is 0.361 e. The van der Waals surface area contributed by atoms with Crippen LogP contribution in [0.25, 0.3) is 33.0 Å². The second-order valence-corrected chi connectivity index (χ2v) is 9.69. The fourth-order valence-corrected chi connectivity index (χ4v) is 5.92. The smallest absolute Gasteiger partial charge is 0.172 e. The van der Waals surface area contributed by atoms with Crippen molar-refractivity contribution in [2.45, 2.75) is 44.7 Å². The molecule has 4 aromatic rings. The Morgan fingerprint density at radius 3 is 2.47 bits per heavy atom. The van der Waals surface area contributed by atoms with Gasteiger partial charge in [0, 0.05) is 69.1 Å². The summed E-state index contributed by atoms with van der Waals surface area (Å²) in [5, 5.41) is 2.01. The van der Waals surface area contributed by atoms with Crippen LogP contribution < -0.4 is 0 Å². The van der Waals surface area contributed by atoms with Crippen molar-refractivity contribution < 1.29 is 9.59 Å². The lowest BCUT2D eigenvalue weighted by molar-refractivity contribution is -0.119. The second kappa shape index (κ2) is 8.41. The second-order valence-electron chi connectivity index (χ2n) is 9.69. The molecule has 6 rings (SSSR count). The number of likely N-dealkylation sites (tertiary alicyclic amines) is 1. The topological polar surface area (TPSA) is 58.1 Å². The third-order valence-electron chi connectivity index (χ3n) is 7.65. The molecule has 5 nitrogen and oxygen atoms in total. The molecule has 3 heterocycles. The summed E-state index contributed by atoms with van der Waals surface area (Å²) in [4.78, 5) is 32.0. The molecule has 0 radical (unpaired) electrons. The molecule has 0 bridgehead atoms. The first-order valence-electron chi connectivity index (χ1n) is 12.3. The molecular weight excluding hydrogens is 422 g/mol. The van der Waals surface area contributed by atoms with Crippen LogP contribution in [0.2, 0.25) is 0 Å². The number of para-hydroxylation sites is 2. The van der Waals surface area contributed by atoms with Crippen molar-refractivity contribution in [1.29, 1.82) is 0 Å². The fourth-order valence-electron chi connectivity index (χ4n) is 5.92. The number of allylic oxidation sites excluding steroid dienone is 2. The number of aryl methyl sites for hydroxylation is 1. The van der Waals surface area contributed by atoms with E-state index in [4.69, 9.17) is 0 Å². The molecule has 0 spiro atoms. The summed E-state index contributed by atoms with van der Waals surface area (Å²) in [5.74, 6) is -0.174. The Morgan fingerprint density at radius 1 is 0.941 bits per heavy atom. The number of hydrogen-bond acceptors (Lipinski definition) is 3. The van der Waals surface area contributed by atoms with Crippen LogP contribution in [0.1, 0.15) is 43.2 Å². The minimum Gasteiger partial charge on any atom is -0.361 e. The van der Waals surface area contributed by atoms with Crippen molar-refractivity contribution >= 4 is 44.5 Å². The van der Waals surface area contributed by atoms with E-state index in [-0.39, 0.29) is 18.0 Å². The summed E-state index contributed by atoms with van der Waals surface area (Å²) in [5.41, 5.74) is 4.91. The zero-order chi connectivity index (χ0) is 23.2. The average Bonchev–Trinajstić information content (AvgIpc) is 3.59. The first-order valence-corrected chi connectivity index (χ1v) is 12.3. The van der Waals surface area contributed by atoms with Gasteiger partial charge < -0.3 is 14.5 Å². The van der Waals surface area contributed by atoms with Crippen molar-refractivity contribution in [2.24, 2.45) is 0 Å². The molecule has 1 N–H and O–H groups in total. The van der Waals surface area contributed by atoms with E-state index in [1.54, 1.807) is 0 Å². The Morgan fingerprint density at radius 2 is 1.68 bits per heavy atom.